The second kappa shape index (κ2) is 12.0. The highest BCUT2D eigenvalue weighted by molar-refractivity contribution is 6.06. The molecule has 1 atom stereocenters. The number of anilines is 1. The summed E-state index contributed by atoms with van der Waals surface area (Å²) in [6, 6.07) is 8.70. The van der Waals surface area contributed by atoms with Gasteiger partial charge in [0.1, 0.15) is 17.2 Å². The van der Waals surface area contributed by atoms with Crippen LogP contribution in [0.3, 0.4) is 0 Å². The predicted octanol–water partition coefficient (Wildman–Crippen LogP) is 5.46. The number of rotatable bonds is 8. The van der Waals surface area contributed by atoms with Crippen molar-refractivity contribution < 1.29 is 28.3 Å². The first-order valence-electron chi connectivity index (χ1n) is 15.9. The molecule has 244 valence electrons. The van der Waals surface area contributed by atoms with Crippen molar-refractivity contribution in [1.82, 2.24) is 14.9 Å². The minimum atomic E-state index is -1.05. The molecule has 0 spiro atoms. The molecule has 2 aliphatic heterocycles. The van der Waals surface area contributed by atoms with Crippen molar-refractivity contribution in [2.24, 2.45) is 5.41 Å². The zero-order valence-corrected chi connectivity index (χ0v) is 26.1. The summed E-state index contributed by atoms with van der Waals surface area (Å²) in [7, 11) is 0. The van der Waals surface area contributed by atoms with Gasteiger partial charge in [0.05, 0.1) is 46.9 Å². The van der Waals surface area contributed by atoms with Crippen molar-refractivity contribution in [2.45, 2.75) is 38.2 Å². The molecule has 0 unspecified atom stereocenters. The molecule has 3 aromatic carbocycles. The van der Waals surface area contributed by atoms with Crippen LogP contribution < -0.4 is 9.64 Å². The Hall–Kier alpha value is -4.44. The number of nitro groups is 1. The van der Waals surface area contributed by atoms with E-state index in [-0.39, 0.29) is 56.8 Å². The third-order valence-electron chi connectivity index (χ3n) is 9.58. The van der Waals surface area contributed by atoms with Gasteiger partial charge in [0.25, 0.3) is 5.69 Å². The highest BCUT2D eigenvalue weighted by Gasteiger charge is 2.45. The fourth-order valence-corrected chi connectivity index (χ4v) is 6.96. The number of terminal acetylenes is 1. The average Bonchev–Trinajstić information content (AvgIpc) is 3.82. The van der Waals surface area contributed by atoms with Crippen LogP contribution in [0.5, 0.6) is 6.01 Å². The minimum absolute atomic E-state index is 0.0575. The van der Waals surface area contributed by atoms with E-state index in [0.29, 0.717) is 44.6 Å². The first-order chi connectivity index (χ1) is 22.6. The molecule has 2 saturated heterocycles. The van der Waals surface area contributed by atoms with Crippen LogP contribution in [0.15, 0.2) is 36.4 Å². The smallest absolute Gasteiger partial charge is 0.319 e. The summed E-state index contributed by atoms with van der Waals surface area (Å²) < 4.78 is 43.6. The van der Waals surface area contributed by atoms with E-state index in [4.69, 9.17) is 15.9 Å². The molecular weight excluding hydrogens is 608 g/mol. The number of hydrogen-bond acceptors (Lipinski definition) is 9. The van der Waals surface area contributed by atoms with Crippen LogP contribution >= 0.6 is 0 Å². The Balaban J connectivity index is 1.39. The molecule has 1 aromatic heterocycles. The Labute approximate surface area is 270 Å². The Kier molecular flexibility index (Phi) is 7.94. The van der Waals surface area contributed by atoms with Crippen LogP contribution in [0.25, 0.3) is 32.8 Å². The third-order valence-corrected chi connectivity index (χ3v) is 9.58. The van der Waals surface area contributed by atoms with E-state index in [9.17, 15) is 19.6 Å². The number of morpholine rings is 1. The fourth-order valence-electron chi connectivity index (χ4n) is 6.96. The van der Waals surface area contributed by atoms with Crippen LogP contribution in [-0.2, 0) is 4.74 Å². The lowest BCUT2D eigenvalue weighted by Gasteiger charge is -2.38. The van der Waals surface area contributed by atoms with E-state index in [1.54, 1.807) is 24.0 Å². The van der Waals surface area contributed by atoms with Crippen LogP contribution in [0.1, 0.15) is 38.2 Å². The van der Waals surface area contributed by atoms with Gasteiger partial charge in [0, 0.05) is 55.2 Å². The number of ether oxygens (including phenoxy) is 2. The van der Waals surface area contributed by atoms with E-state index in [1.807, 2.05) is 0 Å². The largest absolute Gasteiger partial charge is 0.463 e. The molecule has 10 nitrogen and oxygen atoms in total. The van der Waals surface area contributed by atoms with E-state index >= 15 is 4.39 Å². The first kappa shape index (κ1) is 31.2. The van der Waals surface area contributed by atoms with Gasteiger partial charge >= 0.3 is 6.01 Å². The molecule has 1 aliphatic carbocycles. The van der Waals surface area contributed by atoms with Gasteiger partial charge in [-0.2, -0.15) is 9.97 Å². The SMILES string of the molecule is C#Cc1c(F)ccc2cccc(-c3c([N+](=O)[O-])cc4c(N5CCC[C@@](C)(O)C5)nc(OCC5(CN6CCOCC6)CC5)nc4c3F)c12. The van der Waals surface area contributed by atoms with Crippen LogP contribution in [0.4, 0.5) is 20.3 Å². The zero-order chi connectivity index (χ0) is 32.9. The molecule has 0 radical (unpaired) electrons. The Morgan fingerprint density at radius 3 is 2.64 bits per heavy atom. The highest BCUT2D eigenvalue weighted by atomic mass is 19.1. The number of halogens is 2. The van der Waals surface area contributed by atoms with Crippen molar-refractivity contribution in [3.05, 3.63) is 63.7 Å². The number of aromatic nitrogens is 2. The second-order valence-electron chi connectivity index (χ2n) is 13.2. The number of piperidine rings is 1. The molecule has 47 heavy (non-hydrogen) atoms. The summed E-state index contributed by atoms with van der Waals surface area (Å²) >= 11 is 0. The van der Waals surface area contributed by atoms with Crippen LogP contribution in [0, 0.1) is 39.5 Å². The van der Waals surface area contributed by atoms with E-state index in [2.05, 4.69) is 20.8 Å². The molecule has 4 aromatic rings. The number of hydrogen-bond donors (Lipinski definition) is 1. The van der Waals surface area contributed by atoms with Gasteiger partial charge in [-0.05, 0) is 44.1 Å². The van der Waals surface area contributed by atoms with Gasteiger partial charge in [-0.15, -0.1) is 6.42 Å². The van der Waals surface area contributed by atoms with Crippen molar-refractivity contribution in [3.8, 4) is 29.5 Å². The Morgan fingerprint density at radius 2 is 1.94 bits per heavy atom. The maximum absolute atomic E-state index is 17.0. The van der Waals surface area contributed by atoms with Gasteiger partial charge < -0.3 is 19.5 Å². The minimum Gasteiger partial charge on any atom is -0.463 e. The molecule has 12 heteroatoms. The van der Waals surface area contributed by atoms with Gasteiger partial charge in [0.15, 0.2) is 5.82 Å². The number of aliphatic hydroxyl groups is 1. The molecule has 1 N–H and O–H groups in total. The lowest BCUT2D eigenvalue weighted by Crippen LogP contribution is -2.46. The molecule has 3 heterocycles. The standard InChI is InChI=1S/C35H35F2N5O5/c1-3-23-26(36)9-8-22-6-4-7-24(28(22)23)29-27(42(44)45)18-25-31(30(29)37)38-33(39-32(25)41-13-5-10-34(2,43)19-41)47-21-35(11-12-35)20-40-14-16-46-17-15-40/h1,4,6-9,18,43H,5,10-17,19-21H2,2H3/t34-/m1/s1. The molecule has 1 saturated carbocycles. The average molecular weight is 644 g/mol. The summed E-state index contributed by atoms with van der Waals surface area (Å²) in [6.07, 6.45) is 8.82. The van der Waals surface area contributed by atoms with Gasteiger partial charge in [0.2, 0.25) is 0 Å². The van der Waals surface area contributed by atoms with Crippen molar-refractivity contribution in [2.75, 3.05) is 57.4 Å². The topological polar surface area (TPSA) is 114 Å². The highest BCUT2D eigenvalue weighted by Crippen LogP contribution is 2.47. The summed E-state index contributed by atoms with van der Waals surface area (Å²) in [6.45, 7) is 6.62. The summed E-state index contributed by atoms with van der Waals surface area (Å²) in [5, 5.41) is 24.3. The molecular formula is C35H35F2N5O5. The quantitative estimate of drug-likeness (QED) is 0.152. The van der Waals surface area contributed by atoms with E-state index in [1.165, 1.54) is 24.3 Å². The second-order valence-corrected chi connectivity index (χ2v) is 13.2. The summed E-state index contributed by atoms with van der Waals surface area (Å²) in [5.74, 6) is 0.909. The number of nitrogens with zero attached hydrogens (tertiary/aromatic N) is 5. The van der Waals surface area contributed by atoms with E-state index in [0.717, 1.165) is 32.5 Å². The van der Waals surface area contributed by atoms with Crippen molar-refractivity contribution in [1.29, 1.82) is 0 Å². The fraction of sp³-hybridized carbons (Fsp3) is 0.429. The van der Waals surface area contributed by atoms with E-state index < -0.39 is 27.8 Å². The number of fused-ring (bicyclic) bond motifs is 2. The molecule has 3 aliphatic rings. The van der Waals surface area contributed by atoms with Gasteiger partial charge in [-0.25, -0.2) is 8.78 Å². The maximum atomic E-state index is 17.0. The van der Waals surface area contributed by atoms with Crippen molar-refractivity contribution in [3.63, 3.8) is 0 Å². The summed E-state index contributed by atoms with van der Waals surface area (Å²) in [5.41, 5.74) is -2.25. The molecule has 0 amide bonds. The molecule has 0 bridgehead atoms. The van der Waals surface area contributed by atoms with Gasteiger partial charge in [-0.1, -0.05) is 30.2 Å². The predicted molar refractivity (Wildman–Crippen MR) is 173 cm³/mol. The maximum Gasteiger partial charge on any atom is 0.319 e. The zero-order valence-electron chi connectivity index (χ0n) is 26.1. The summed E-state index contributed by atoms with van der Waals surface area (Å²) in [4.78, 5) is 25.2. The Bertz CT molecular complexity index is 1930. The van der Waals surface area contributed by atoms with Crippen LogP contribution in [-0.4, -0.2) is 83.0 Å². The molecule has 7 rings (SSSR count). The Morgan fingerprint density at radius 1 is 1.15 bits per heavy atom. The third kappa shape index (κ3) is 5.95. The first-order valence-corrected chi connectivity index (χ1v) is 15.9. The molecule has 3 fully saturated rings. The number of benzene rings is 3. The lowest BCUT2D eigenvalue weighted by molar-refractivity contribution is -0.384. The monoisotopic (exact) mass is 643 g/mol. The number of nitro benzene ring substituents is 1. The number of β-amino-alcohol motifs (C(OH)–C–C–N with tert-alkyl or cyclic N) is 1. The van der Waals surface area contributed by atoms with Crippen LogP contribution in [0.2, 0.25) is 0 Å². The van der Waals surface area contributed by atoms with Crippen molar-refractivity contribution >= 4 is 33.2 Å². The normalized spacial score (nSPS) is 21.1. The van der Waals surface area contributed by atoms with Gasteiger partial charge in [-0.3, -0.25) is 15.0 Å². The lowest BCUT2D eigenvalue weighted by atomic mass is 9.92.